The molecule has 0 atom stereocenters. The standard InChI is InChI=1S/C20H21N3O3S/c1-15-7-9-16(10-8-15)19-21-20(26-22-19)17-11-13-23(14-12-17)27(24,25)18-5-3-2-4-6-18/h2-10,17H,11-14H2,1H3. The molecule has 6 nitrogen and oxygen atoms in total. The van der Waals surface area contributed by atoms with Crippen molar-refractivity contribution in [3.8, 4) is 11.4 Å². The molecule has 1 fully saturated rings. The van der Waals surface area contributed by atoms with E-state index in [9.17, 15) is 8.42 Å². The van der Waals surface area contributed by atoms with Gasteiger partial charge in [-0.05, 0) is 31.9 Å². The van der Waals surface area contributed by atoms with Crippen LogP contribution in [0.4, 0.5) is 0 Å². The summed E-state index contributed by atoms with van der Waals surface area (Å²) in [6, 6.07) is 16.5. The van der Waals surface area contributed by atoms with E-state index < -0.39 is 10.0 Å². The first kappa shape index (κ1) is 17.9. The van der Waals surface area contributed by atoms with Gasteiger partial charge in [0.25, 0.3) is 0 Å². The Kier molecular flexibility index (Phi) is 4.80. The molecule has 3 aromatic rings. The van der Waals surface area contributed by atoms with E-state index in [1.807, 2.05) is 37.3 Å². The minimum Gasteiger partial charge on any atom is -0.339 e. The number of sulfonamides is 1. The summed E-state index contributed by atoms with van der Waals surface area (Å²) in [4.78, 5) is 4.87. The van der Waals surface area contributed by atoms with Crippen molar-refractivity contribution in [2.45, 2.75) is 30.6 Å². The molecule has 0 amide bonds. The Hall–Kier alpha value is -2.51. The lowest BCUT2D eigenvalue weighted by atomic mass is 9.98. The van der Waals surface area contributed by atoms with Gasteiger partial charge >= 0.3 is 0 Å². The normalized spacial score (nSPS) is 16.5. The third kappa shape index (κ3) is 3.65. The molecule has 7 heteroatoms. The maximum absolute atomic E-state index is 12.7. The van der Waals surface area contributed by atoms with Gasteiger partial charge in [-0.2, -0.15) is 9.29 Å². The average molecular weight is 383 g/mol. The van der Waals surface area contributed by atoms with Crippen molar-refractivity contribution in [1.82, 2.24) is 14.4 Å². The molecule has 1 saturated heterocycles. The summed E-state index contributed by atoms with van der Waals surface area (Å²) >= 11 is 0. The first-order valence-electron chi connectivity index (χ1n) is 9.00. The highest BCUT2D eigenvalue weighted by Crippen LogP contribution is 2.31. The molecule has 1 aliphatic heterocycles. The van der Waals surface area contributed by atoms with E-state index in [0.29, 0.717) is 42.5 Å². The van der Waals surface area contributed by atoms with Crippen LogP contribution in [0.15, 0.2) is 64.0 Å². The monoisotopic (exact) mass is 383 g/mol. The maximum atomic E-state index is 12.7. The van der Waals surface area contributed by atoms with E-state index in [1.54, 1.807) is 24.3 Å². The summed E-state index contributed by atoms with van der Waals surface area (Å²) in [5.74, 6) is 1.24. The zero-order valence-electron chi connectivity index (χ0n) is 15.1. The SMILES string of the molecule is Cc1ccc(-c2noc(C3CCN(S(=O)(=O)c4ccccc4)CC3)n2)cc1. The molecule has 4 rings (SSSR count). The Balaban J connectivity index is 1.45. The van der Waals surface area contributed by atoms with Crippen LogP contribution in [0.2, 0.25) is 0 Å². The van der Waals surface area contributed by atoms with Gasteiger partial charge in [0, 0.05) is 24.6 Å². The number of rotatable bonds is 4. The predicted octanol–water partition coefficient (Wildman–Crippen LogP) is 3.61. The van der Waals surface area contributed by atoms with Crippen molar-refractivity contribution in [2.75, 3.05) is 13.1 Å². The van der Waals surface area contributed by atoms with Gasteiger partial charge in [-0.3, -0.25) is 0 Å². The van der Waals surface area contributed by atoms with Crippen LogP contribution in [0.1, 0.15) is 30.2 Å². The fourth-order valence-corrected chi connectivity index (χ4v) is 4.80. The van der Waals surface area contributed by atoms with E-state index in [-0.39, 0.29) is 5.92 Å². The van der Waals surface area contributed by atoms with Crippen LogP contribution in [0, 0.1) is 6.92 Å². The van der Waals surface area contributed by atoms with Crippen LogP contribution < -0.4 is 0 Å². The Morgan fingerprint density at radius 3 is 2.33 bits per heavy atom. The van der Waals surface area contributed by atoms with Gasteiger partial charge in [0.2, 0.25) is 21.7 Å². The van der Waals surface area contributed by atoms with Crippen molar-refractivity contribution >= 4 is 10.0 Å². The fraction of sp³-hybridized carbons (Fsp3) is 0.300. The maximum Gasteiger partial charge on any atom is 0.243 e. The molecule has 0 aliphatic carbocycles. The van der Waals surface area contributed by atoms with Crippen LogP contribution in [-0.2, 0) is 10.0 Å². The largest absolute Gasteiger partial charge is 0.339 e. The van der Waals surface area contributed by atoms with Crippen LogP contribution in [-0.4, -0.2) is 36.0 Å². The number of piperidine rings is 1. The highest BCUT2D eigenvalue weighted by atomic mass is 32.2. The van der Waals surface area contributed by atoms with Gasteiger partial charge in [0.15, 0.2) is 0 Å². The molecule has 27 heavy (non-hydrogen) atoms. The molecule has 0 radical (unpaired) electrons. The number of nitrogens with zero attached hydrogens (tertiary/aromatic N) is 3. The fourth-order valence-electron chi connectivity index (χ4n) is 3.31. The number of aryl methyl sites for hydroxylation is 1. The molecule has 0 bridgehead atoms. The first-order chi connectivity index (χ1) is 13.0. The number of hydrogen-bond acceptors (Lipinski definition) is 5. The molecule has 0 N–H and O–H groups in total. The lowest BCUT2D eigenvalue weighted by molar-refractivity contribution is 0.271. The summed E-state index contributed by atoms with van der Waals surface area (Å²) in [5, 5.41) is 4.09. The minimum atomic E-state index is -3.44. The van der Waals surface area contributed by atoms with Crippen molar-refractivity contribution in [3.63, 3.8) is 0 Å². The smallest absolute Gasteiger partial charge is 0.243 e. The summed E-state index contributed by atoms with van der Waals surface area (Å²) in [5.41, 5.74) is 2.09. The highest BCUT2D eigenvalue weighted by Gasteiger charge is 2.32. The lowest BCUT2D eigenvalue weighted by Gasteiger charge is -2.29. The zero-order chi connectivity index (χ0) is 18.9. The van der Waals surface area contributed by atoms with Crippen molar-refractivity contribution < 1.29 is 12.9 Å². The second-order valence-electron chi connectivity index (χ2n) is 6.81. The summed E-state index contributed by atoms with van der Waals surface area (Å²) in [6.07, 6.45) is 1.34. The van der Waals surface area contributed by atoms with Gasteiger partial charge in [0.1, 0.15) is 0 Å². The molecule has 0 saturated carbocycles. The average Bonchev–Trinajstić information content (AvgIpc) is 3.19. The van der Waals surface area contributed by atoms with Crippen molar-refractivity contribution in [2.24, 2.45) is 0 Å². The van der Waals surface area contributed by atoms with Crippen molar-refractivity contribution in [1.29, 1.82) is 0 Å². The third-order valence-electron chi connectivity index (χ3n) is 4.94. The second-order valence-corrected chi connectivity index (χ2v) is 8.75. The molecule has 2 aromatic carbocycles. The van der Waals surface area contributed by atoms with Crippen LogP contribution >= 0.6 is 0 Å². The van der Waals surface area contributed by atoms with Gasteiger partial charge in [-0.25, -0.2) is 8.42 Å². The Labute approximate surface area is 158 Å². The molecule has 0 unspecified atom stereocenters. The predicted molar refractivity (Wildman–Crippen MR) is 102 cm³/mol. The Bertz CT molecular complexity index is 1010. The van der Waals surface area contributed by atoms with E-state index in [2.05, 4.69) is 10.1 Å². The topological polar surface area (TPSA) is 76.3 Å². The summed E-state index contributed by atoms with van der Waals surface area (Å²) in [6.45, 7) is 2.93. The van der Waals surface area contributed by atoms with Crippen LogP contribution in [0.3, 0.4) is 0 Å². The van der Waals surface area contributed by atoms with E-state index in [4.69, 9.17) is 4.52 Å². The van der Waals surface area contributed by atoms with Crippen LogP contribution in [0.25, 0.3) is 11.4 Å². The van der Waals surface area contributed by atoms with E-state index in [1.165, 1.54) is 9.87 Å². The Morgan fingerprint density at radius 1 is 1.00 bits per heavy atom. The quantitative estimate of drug-likeness (QED) is 0.688. The lowest BCUT2D eigenvalue weighted by Crippen LogP contribution is -2.37. The van der Waals surface area contributed by atoms with Gasteiger partial charge in [-0.15, -0.1) is 0 Å². The Morgan fingerprint density at radius 2 is 1.67 bits per heavy atom. The highest BCUT2D eigenvalue weighted by molar-refractivity contribution is 7.89. The zero-order valence-corrected chi connectivity index (χ0v) is 15.9. The second kappa shape index (κ2) is 7.25. The molecule has 0 spiro atoms. The minimum absolute atomic E-state index is 0.0823. The van der Waals surface area contributed by atoms with E-state index >= 15 is 0 Å². The number of aromatic nitrogens is 2. The third-order valence-corrected chi connectivity index (χ3v) is 6.85. The summed E-state index contributed by atoms with van der Waals surface area (Å²) in [7, 11) is -3.44. The van der Waals surface area contributed by atoms with Crippen molar-refractivity contribution in [3.05, 3.63) is 66.1 Å². The number of hydrogen-bond donors (Lipinski definition) is 0. The molecular formula is C20H21N3O3S. The molecule has 140 valence electrons. The van der Waals surface area contributed by atoms with Gasteiger partial charge < -0.3 is 4.52 Å². The van der Waals surface area contributed by atoms with Gasteiger partial charge in [0.05, 0.1) is 4.90 Å². The molecule has 2 heterocycles. The molecule has 1 aliphatic rings. The van der Waals surface area contributed by atoms with Crippen LogP contribution in [0.5, 0.6) is 0 Å². The molecule has 1 aromatic heterocycles. The van der Waals surface area contributed by atoms with E-state index in [0.717, 1.165) is 5.56 Å². The van der Waals surface area contributed by atoms with Gasteiger partial charge in [-0.1, -0.05) is 53.2 Å². The summed E-state index contributed by atoms with van der Waals surface area (Å²) < 4.78 is 32.4. The first-order valence-corrected chi connectivity index (χ1v) is 10.4. The molecular weight excluding hydrogens is 362 g/mol. The number of benzene rings is 2.